The van der Waals surface area contributed by atoms with Crippen molar-refractivity contribution in [1.29, 1.82) is 5.26 Å². The van der Waals surface area contributed by atoms with Gasteiger partial charge in [-0.25, -0.2) is 13.6 Å². The van der Waals surface area contributed by atoms with Crippen LogP contribution in [0.3, 0.4) is 0 Å². The maximum atomic E-state index is 12.4. The first-order chi connectivity index (χ1) is 6.99. The van der Waals surface area contributed by atoms with E-state index in [9.17, 15) is 13.6 Å². The summed E-state index contributed by atoms with van der Waals surface area (Å²) in [6.45, 7) is 0. The zero-order valence-electron chi connectivity index (χ0n) is 7.04. The van der Waals surface area contributed by atoms with E-state index in [1.54, 1.807) is 6.07 Å². The van der Waals surface area contributed by atoms with Gasteiger partial charge < -0.3 is 5.11 Å². The maximum Gasteiger partial charge on any atom is 0.338 e. The molecule has 15 heavy (non-hydrogen) atoms. The highest BCUT2D eigenvalue weighted by Crippen LogP contribution is 2.26. The third kappa shape index (κ3) is 2.20. The molecule has 0 bridgehead atoms. The highest BCUT2D eigenvalue weighted by Gasteiger charge is 2.24. The van der Waals surface area contributed by atoms with E-state index in [0.29, 0.717) is 0 Å². The van der Waals surface area contributed by atoms with Crippen molar-refractivity contribution in [3.8, 4) is 6.07 Å². The van der Waals surface area contributed by atoms with E-state index >= 15 is 0 Å². The first-order valence-corrected chi connectivity index (χ1v) is 4.66. The van der Waals surface area contributed by atoms with Gasteiger partial charge in [0.05, 0.1) is 5.56 Å². The molecule has 4 nitrogen and oxygen atoms in total. The summed E-state index contributed by atoms with van der Waals surface area (Å²) in [5, 5.41) is 17.3. The number of halogens is 3. The Morgan fingerprint density at radius 1 is 1.67 bits per heavy atom. The van der Waals surface area contributed by atoms with E-state index < -0.39 is 23.7 Å². The molecule has 0 saturated heterocycles. The number of carboxylic acids is 1. The molecule has 0 aliphatic heterocycles. The quantitative estimate of drug-likeness (QED) is 0.847. The summed E-state index contributed by atoms with van der Waals surface area (Å²) in [6.07, 6.45) is -2.03. The van der Waals surface area contributed by atoms with Crippen molar-refractivity contribution in [3.05, 3.63) is 26.6 Å². The Hall–Kier alpha value is -1.30. The van der Waals surface area contributed by atoms with Crippen LogP contribution < -0.4 is 0 Å². The number of aromatic nitrogens is 1. The lowest BCUT2D eigenvalue weighted by molar-refractivity contribution is 0.0680. The van der Waals surface area contributed by atoms with E-state index in [1.165, 1.54) is 22.6 Å². The van der Waals surface area contributed by atoms with Gasteiger partial charge in [0.15, 0.2) is 0 Å². The number of hydrogen-bond donors (Lipinski definition) is 1. The SMILES string of the molecule is N#Cc1cnc(C(F)F)c(C(=O)O)c1I. The number of pyridine rings is 1. The van der Waals surface area contributed by atoms with E-state index in [-0.39, 0.29) is 9.13 Å². The molecule has 0 saturated carbocycles. The zero-order chi connectivity index (χ0) is 11.6. The Morgan fingerprint density at radius 2 is 2.27 bits per heavy atom. The summed E-state index contributed by atoms with van der Waals surface area (Å²) in [6, 6.07) is 1.68. The molecule has 0 unspecified atom stereocenters. The molecule has 1 aromatic rings. The van der Waals surface area contributed by atoms with Gasteiger partial charge in [-0.15, -0.1) is 0 Å². The number of carbonyl (C=O) groups is 1. The molecule has 0 fully saturated rings. The molecule has 0 amide bonds. The predicted octanol–water partition coefficient (Wildman–Crippen LogP) is 2.19. The number of carboxylic acid groups (broad SMARTS) is 1. The smallest absolute Gasteiger partial charge is 0.338 e. The minimum Gasteiger partial charge on any atom is -0.478 e. The van der Waals surface area contributed by atoms with Crippen LogP contribution in [0.2, 0.25) is 0 Å². The van der Waals surface area contributed by atoms with Crippen molar-refractivity contribution in [1.82, 2.24) is 4.98 Å². The van der Waals surface area contributed by atoms with Crippen LogP contribution in [0.1, 0.15) is 28.0 Å². The monoisotopic (exact) mass is 324 g/mol. The number of nitriles is 1. The van der Waals surface area contributed by atoms with E-state index in [0.717, 1.165) is 6.20 Å². The lowest BCUT2D eigenvalue weighted by Crippen LogP contribution is -2.09. The van der Waals surface area contributed by atoms with Crippen LogP contribution in [0, 0.1) is 14.9 Å². The average molecular weight is 324 g/mol. The maximum absolute atomic E-state index is 12.4. The van der Waals surface area contributed by atoms with Gasteiger partial charge in [0.1, 0.15) is 17.3 Å². The number of nitrogens with zero attached hydrogens (tertiary/aromatic N) is 2. The Morgan fingerprint density at radius 3 is 2.67 bits per heavy atom. The van der Waals surface area contributed by atoms with Gasteiger partial charge in [-0.2, -0.15) is 5.26 Å². The molecule has 1 rings (SSSR count). The van der Waals surface area contributed by atoms with Gasteiger partial charge in [0.25, 0.3) is 6.43 Å². The van der Waals surface area contributed by atoms with Crippen molar-refractivity contribution < 1.29 is 18.7 Å². The number of alkyl halides is 2. The summed E-state index contributed by atoms with van der Waals surface area (Å²) in [5.41, 5.74) is -1.45. The average Bonchev–Trinajstić information content (AvgIpc) is 2.16. The van der Waals surface area contributed by atoms with Crippen LogP contribution in [-0.4, -0.2) is 16.1 Å². The summed E-state index contributed by atoms with van der Waals surface area (Å²) in [4.78, 5) is 14.0. The molecule has 0 spiro atoms. The van der Waals surface area contributed by atoms with Crippen molar-refractivity contribution in [2.75, 3.05) is 0 Å². The Labute approximate surface area is 96.7 Å². The fourth-order valence-electron chi connectivity index (χ4n) is 0.949. The first kappa shape index (κ1) is 11.8. The van der Waals surface area contributed by atoms with E-state index in [2.05, 4.69) is 4.98 Å². The summed E-state index contributed by atoms with van der Waals surface area (Å²) in [5.74, 6) is -1.51. The molecule has 0 atom stereocenters. The zero-order valence-corrected chi connectivity index (χ0v) is 9.20. The third-order valence-corrected chi connectivity index (χ3v) is 2.71. The van der Waals surface area contributed by atoms with Crippen molar-refractivity contribution >= 4 is 28.6 Å². The second-order valence-corrected chi connectivity index (χ2v) is 3.54. The molecule has 0 aromatic carbocycles. The highest BCUT2D eigenvalue weighted by molar-refractivity contribution is 14.1. The molecule has 78 valence electrons. The largest absolute Gasteiger partial charge is 0.478 e. The summed E-state index contributed by atoms with van der Waals surface area (Å²) < 4.78 is 24.8. The van der Waals surface area contributed by atoms with Gasteiger partial charge in [-0.3, -0.25) is 4.98 Å². The number of hydrogen-bond acceptors (Lipinski definition) is 3. The molecule has 0 aliphatic rings. The van der Waals surface area contributed by atoms with Crippen LogP contribution >= 0.6 is 22.6 Å². The Bertz CT molecular complexity index is 457. The van der Waals surface area contributed by atoms with Gasteiger partial charge in [0.2, 0.25) is 0 Å². The van der Waals surface area contributed by atoms with Crippen LogP contribution in [0.25, 0.3) is 0 Å². The standard InChI is InChI=1S/C8H3F2IN2O2/c9-7(10)6-4(8(14)15)5(11)3(1-12)2-13-6/h2,7H,(H,14,15). The van der Waals surface area contributed by atoms with Crippen molar-refractivity contribution in [3.63, 3.8) is 0 Å². The lowest BCUT2D eigenvalue weighted by atomic mass is 10.1. The van der Waals surface area contributed by atoms with Gasteiger partial charge >= 0.3 is 5.97 Å². The van der Waals surface area contributed by atoms with Crippen LogP contribution in [0.4, 0.5) is 8.78 Å². The fourth-order valence-corrected chi connectivity index (χ4v) is 1.72. The molecule has 1 heterocycles. The van der Waals surface area contributed by atoms with Crippen molar-refractivity contribution in [2.24, 2.45) is 0 Å². The van der Waals surface area contributed by atoms with E-state index in [1.807, 2.05) is 0 Å². The number of aromatic carboxylic acids is 1. The first-order valence-electron chi connectivity index (χ1n) is 3.59. The van der Waals surface area contributed by atoms with Gasteiger partial charge in [-0.1, -0.05) is 0 Å². The minimum absolute atomic E-state index is 0.0205. The summed E-state index contributed by atoms with van der Waals surface area (Å²) >= 11 is 1.54. The molecule has 0 aliphatic carbocycles. The lowest BCUT2D eigenvalue weighted by Gasteiger charge is -2.06. The summed E-state index contributed by atoms with van der Waals surface area (Å²) in [7, 11) is 0. The molecule has 1 aromatic heterocycles. The molecular weight excluding hydrogens is 321 g/mol. The number of rotatable bonds is 2. The molecule has 7 heteroatoms. The van der Waals surface area contributed by atoms with Gasteiger partial charge in [0, 0.05) is 9.77 Å². The topological polar surface area (TPSA) is 74.0 Å². The molecule has 1 N–H and O–H groups in total. The van der Waals surface area contributed by atoms with Crippen molar-refractivity contribution in [2.45, 2.75) is 6.43 Å². The predicted molar refractivity (Wildman–Crippen MR) is 53.6 cm³/mol. The second-order valence-electron chi connectivity index (χ2n) is 2.46. The molecule has 0 radical (unpaired) electrons. The fraction of sp³-hybridized carbons (Fsp3) is 0.125. The minimum atomic E-state index is -2.97. The third-order valence-electron chi connectivity index (χ3n) is 1.59. The van der Waals surface area contributed by atoms with Crippen LogP contribution in [-0.2, 0) is 0 Å². The Kier molecular flexibility index (Phi) is 3.52. The highest BCUT2D eigenvalue weighted by atomic mass is 127. The second kappa shape index (κ2) is 4.48. The van der Waals surface area contributed by atoms with Crippen LogP contribution in [0.15, 0.2) is 6.20 Å². The molecular formula is C8H3F2IN2O2. The van der Waals surface area contributed by atoms with E-state index in [4.69, 9.17) is 10.4 Å². The Balaban J connectivity index is 3.53. The van der Waals surface area contributed by atoms with Gasteiger partial charge in [-0.05, 0) is 22.6 Å². The van der Waals surface area contributed by atoms with Crippen LogP contribution in [0.5, 0.6) is 0 Å². The normalized spacial score (nSPS) is 10.1.